The number of nitrogens with zero attached hydrogens (tertiary/aromatic N) is 3. The molecule has 0 atom stereocenters. The zero-order valence-corrected chi connectivity index (χ0v) is 12.4. The van der Waals surface area contributed by atoms with E-state index in [9.17, 15) is 10.1 Å². The predicted octanol–water partition coefficient (Wildman–Crippen LogP) is 2.19. The average Bonchev–Trinajstić information content (AvgIpc) is 2.45. The van der Waals surface area contributed by atoms with Crippen LogP contribution in [-0.2, 0) is 4.74 Å². The van der Waals surface area contributed by atoms with E-state index in [2.05, 4.69) is 20.6 Å². The Morgan fingerprint density at radius 2 is 2.05 bits per heavy atom. The minimum atomic E-state index is -0.441. The molecule has 21 heavy (non-hydrogen) atoms. The Hall–Kier alpha value is -1.96. The van der Waals surface area contributed by atoms with Gasteiger partial charge in [0.05, 0.1) is 4.92 Å². The molecular weight excluding hydrogens is 274 g/mol. The summed E-state index contributed by atoms with van der Waals surface area (Å²) in [7, 11) is 0. The minimum Gasteiger partial charge on any atom is -0.381 e. The number of aromatic nitrogens is 2. The van der Waals surface area contributed by atoms with Crippen LogP contribution < -0.4 is 10.6 Å². The van der Waals surface area contributed by atoms with Crippen LogP contribution in [0.5, 0.6) is 0 Å². The lowest BCUT2D eigenvalue weighted by Gasteiger charge is -2.34. The van der Waals surface area contributed by atoms with E-state index in [0.717, 1.165) is 19.3 Å². The van der Waals surface area contributed by atoms with E-state index in [-0.39, 0.29) is 22.9 Å². The van der Waals surface area contributed by atoms with Gasteiger partial charge in [-0.2, -0.15) is 0 Å². The van der Waals surface area contributed by atoms with E-state index in [4.69, 9.17) is 4.74 Å². The molecule has 1 aromatic rings. The second kappa shape index (κ2) is 6.66. The van der Waals surface area contributed by atoms with E-state index >= 15 is 0 Å². The van der Waals surface area contributed by atoms with Gasteiger partial charge in [-0.1, -0.05) is 6.92 Å². The molecule has 1 aromatic heterocycles. The Bertz CT molecular complexity index is 503. The van der Waals surface area contributed by atoms with E-state index in [1.165, 1.54) is 6.33 Å². The molecule has 1 fully saturated rings. The molecule has 0 bridgehead atoms. The Morgan fingerprint density at radius 1 is 1.38 bits per heavy atom. The number of hydrogen-bond donors (Lipinski definition) is 2. The fourth-order valence-corrected chi connectivity index (χ4v) is 2.25. The summed E-state index contributed by atoms with van der Waals surface area (Å²) >= 11 is 0. The summed E-state index contributed by atoms with van der Waals surface area (Å²) in [5, 5.41) is 17.6. The van der Waals surface area contributed by atoms with Crippen molar-refractivity contribution < 1.29 is 9.66 Å². The van der Waals surface area contributed by atoms with Gasteiger partial charge in [0.2, 0.25) is 11.6 Å². The van der Waals surface area contributed by atoms with Crippen LogP contribution in [0.25, 0.3) is 0 Å². The zero-order valence-electron chi connectivity index (χ0n) is 12.4. The van der Waals surface area contributed by atoms with Crippen molar-refractivity contribution in [3.63, 3.8) is 0 Å². The first-order valence-electron chi connectivity index (χ1n) is 7.15. The topological polar surface area (TPSA) is 102 Å². The lowest BCUT2D eigenvalue weighted by molar-refractivity contribution is -0.383. The fourth-order valence-electron chi connectivity index (χ4n) is 2.25. The van der Waals surface area contributed by atoms with Gasteiger partial charge in [-0.15, -0.1) is 0 Å². The highest BCUT2D eigenvalue weighted by Crippen LogP contribution is 2.33. The van der Waals surface area contributed by atoms with Crippen LogP contribution in [-0.4, -0.2) is 40.2 Å². The maximum absolute atomic E-state index is 11.4. The maximum Gasteiger partial charge on any atom is 0.353 e. The second-order valence-corrected chi connectivity index (χ2v) is 5.40. The van der Waals surface area contributed by atoms with E-state index in [1.807, 2.05) is 13.8 Å². The van der Waals surface area contributed by atoms with E-state index in [1.54, 1.807) is 0 Å². The molecule has 0 aromatic carbocycles. The van der Waals surface area contributed by atoms with Crippen LogP contribution in [0.4, 0.5) is 17.3 Å². The SMILES string of the molecule is CCCNc1ncnc(NC2(C)CCOCC2)c1[N+](=O)[O-]. The minimum absolute atomic E-state index is 0.0985. The monoisotopic (exact) mass is 295 g/mol. The van der Waals surface area contributed by atoms with Gasteiger partial charge in [-0.3, -0.25) is 10.1 Å². The number of nitro groups is 1. The van der Waals surface area contributed by atoms with Gasteiger partial charge in [0, 0.05) is 25.3 Å². The molecule has 0 radical (unpaired) electrons. The summed E-state index contributed by atoms with van der Waals surface area (Å²) in [6.45, 7) is 5.93. The van der Waals surface area contributed by atoms with Crippen LogP contribution in [0.3, 0.4) is 0 Å². The van der Waals surface area contributed by atoms with Gasteiger partial charge in [-0.25, -0.2) is 9.97 Å². The van der Waals surface area contributed by atoms with Gasteiger partial charge in [0.1, 0.15) is 6.33 Å². The number of ether oxygens (including phenoxy) is 1. The highest BCUT2D eigenvalue weighted by Gasteiger charge is 2.32. The zero-order chi connectivity index (χ0) is 15.3. The molecule has 1 aliphatic rings. The third-order valence-corrected chi connectivity index (χ3v) is 3.56. The van der Waals surface area contributed by atoms with E-state index in [0.29, 0.717) is 19.8 Å². The first-order valence-corrected chi connectivity index (χ1v) is 7.15. The van der Waals surface area contributed by atoms with Crippen molar-refractivity contribution in [1.82, 2.24) is 9.97 Å². The van der Waals surface area contributed by atoms with Crippen LogP contribution in [0.15, 0.2) is 6.33 Å². The van der Waals surface area contributed by atoms with Gasteiger partial charge in [0.25, 0.3) is 0 Å². The largest absolute Gasteiger partial charge is 0.381 e. The number of hydrogen-bond acceptors (Lipinski definition) is 7. The number of nitrogens with one attached hydrogen (secondary N) is 2. The molecule has 0 amide bonds. The molecule has 8 nitrogen and oxygen atoms in total. The highest BCUT2D eigenvalue weighted by molar-refractivity contribution is 5.69. The Balaban J connectivity index is 2.27. The standard InChI is InChI=1S/C13H21N5O3/c1-3-6-14-11-10(18(19)20)12(16-9-15-11)17-13(2)4-7-21-8-5-13/h9H,3-8H2,1-2H3,(H2,14,15,16,17). The summed E-state index contributed by atoms with van der Waals surface area (Å²) in [4.78, 5) is 19.0. The molecule has 0 spiro atoms. The highest BCUT2D eigenvalue weighted by atomic mass is 16.6. The Morgan fingerprint density at radius 3 is 2.67 bits per heavy atom. The van der Waals surface area contributed by atoms with Gasteiger partial charge in [0.15, 0.2) is 0 Å². The Labute approximate surface area is 123 Å². The lowest BCUT2D eigenvalue weighted by atomic mass is 9.92. The first-order chi connectivity index (χ1) is 10.1. The summed E-state index contributed by atoms with van der Waals surface area (Å²) in [5.74, 6) is 0.521. The van der Waals surface area contributed by atoms with Crippen molar-refractivity contribution >= 4 is 17.3 Å². The molecule has 8 heteroatoms. The maximum atomic E-state index is 11.4. The molecule has 1 aliphatic heterocycles. The van der Waals surface area contributed by atoms with Crippen molar-refractivity contribution in [3.8, 4) is 0 Å². The average molecular weight is 295 g/mol. The van der Waals surface area contributed by atoms with E-state index < -0.39 is 4.92 Å². The molecule has 0 saturated carbocycles. The number of rotatable bonds is 6. The van der Waals surface area contributed by atoms with Crippen molar-refractivity contribution in [1.29, 1.82) is 0 Å². The first kappa shape index (κ1) is 15.4. The van der Waals surface area contributed by atoms with Crippen molar-refractivity contribution in [2.45, 2.75) is 38.6 Å². The second-order valence-electron chi connectivity index (χ2n) is 5.40. The number of anilines is 2. The third-order valence-electron chi connectivity index (χ3n) is 3.56. The smallest absolute Gasteiger partial charge is 0.353 e. The summed E-state index contributed by atoms with van der Waals surface area (Å²) < 4.78 is 5.34. The molecule has 0 unspecified atom stereocenters. The Kier molecular flexibility index (Phi) is 4.89. The van der Waals surface area contributed by atoms with Crippen molar-refractivity contribution in [3.05, 3.63) is 16.4 Å². The van der Waals surface area contributed by atoms with Crippen LogP contribution in [0, 0.1) is 10.1 Å². The molecule has 2 N–H and O–H groups in total. The van der Waals surface area contributed by atoms with Crippen molar-refractivity contribution in [2.24, 2.45) is 0 Å². The molecule has 1 saturated heterocycles. The van der Waals surface area contributed by atoms with Gasteiger partial charge >= 0.3 is 5.69 Å². The van der Waals surface area contributed by atoms with Crippen LogP contribution in [0.1, 0.15) is 33.1 Å². The summed E-state index contributed by atoms with van der Waals surface area (Å²) in [5.41, 5.74) is -0.349. The molecule has 2 heterocycles. The molecule has 0 aliphatic carbocycles. The molecule has 116 valence electrons. The summed E-state index contributed by atoms with van der Waals surface area (Å²) in [6, 6.07) is 0. The quantitative estimate of drug-likeness (QED) is 0.612. The lowest BCUT2D eigenvalue weighted by Crippen LogP contribution is -2.41. The van der Waals surface area contributed by atoms with Crippen LogP contribution in [0.2, 0.25) is 0 Å². The van der Waals surface area contributed by atoms with Crippen molar-refractivity contribution in [2.75, 3.05) is 30.4 Å². The normalized spacial score (nSPS) is 17.2. The van der Waals surface area contributed by atoms with Gasteiger partial charge < -0.3 is 15.4 Å². The fraction of sp³-hybridized carbons (Fsp3) is 0.692. The predicted molar refractivity (Wildman–Crippen MR) is 79.5 cm³/mol. The summed E-state index contributed by atoms with van der Waals surface area (Å²) in [6.07, 6.45) is 3.77. The molecular formula is C13H21N5O3. The third kappa shape index (κ3) is 3.78. The van der Waals surface area contributed by atoms with Gasteiger partial charge in [-0.05, 0) is 26.2 Å². The molecule has 2 rings (SSSR count). The van der Waals surface area contributed by atoms with Crippen LogP contribution >= 0.6 is 0 Å².